The first-order valence-corrected chi connectivity index (χ1v) is 4.47. The van der Waals surface area contributed by atoms with Crippen molar-refractivity contribution in [1.29, 1.82) is 0 Å². The van der Waals surface area contributed by atoms with Gasteiger partial charge in [-0.1, -0.05) is 0 Å². The average Bonchev–Trinajstić information content (AvgIpc) is 2.80. The van der Waals surface area contributed by atoms with Gasteiger partial charge in [0.05, 0.1) is 6.54 Å². The third kappa shape index (κ3) is 2.29. The Morgan fingerprint density at radius 2 is 2.31 bits per heavy atom. The van der Waals surface area contributed by atoms with Crippen molar-refractivity contribution in [3.63, 3.8) is 0 Å². The van der Waals surface area contributed by atoms with E-state index in [9.17, 15) is 4.79 Å². The number of rotatable bonds is 4. The lowest BCUT2D eigenvalue weighted by atomic mass is 10.4. The van der Waals surface area contributed by atoms with E-state index in [-0.39, 0.29) is 5.69 Å². The number of aromatic amines is 1. The Labute approximate surface area is 90.3 Å². The van der Waals surface area contributed by atoms with Crippen LogP contribution in [0.4, 0.5) is 5.82 Å². The van der Waals surface area contributed by atoms with Gasteiger partial charge in [0.25, 0.3) is 5.91 Å². The van der Waals surface area contributed by atoms with Crippen molar-refractivity contribution in [2.45, 2.75) is 6.54 Å². The molecular weight excluding hydrogens is 210 g/mol. The molecule has 0 unspecified atom stereocenters. The van der Waals surface area contributed by atoms with Crippen LogP contribution >= 0.6 is 0 Å². The molecule has 0 aliphatic rings. The first kappa shape index (κ1) is 10.0. The second-order valence-corrected chi connectivity index (χ2v) is 2.95. The van der Waals surface area contributed by atoms with E-state index in [0.717, 1.165) is 0 Å². The number of nitrogens with zero attached hydrogens (tertiary/aromatic N) is 4. The van der Waals surface area contributed by atoms with E-state index < -0.39 is 5.91 Å². The summed E-state index contributed by atoms with van der Waals surface area (Å²) in [6, 6.07) is 3.11. The van der Waals surface area contributed by atoms with E-state index >= 15 is 0 Å². The molecule has 0 fully saturated rings. The van der Waals surface area contributed by atoms with Crippen molar-refractivity contribution < 1.29 is 4.79 Å². The molecule has 0 spiro atoms. The van der Waals surface area contributed by atoms with Crippen molar-refractivity contribution >= 4 is 11.7 Å². The fraction of sp³-hybridized carbons (Fsp3) is 0.125. The standard InChI is InChI=1S/C8H9N7O/c9-8(16)5-1-2-6(15-13-5)10-3-7-11-4-12-14-7/h1-2,4H,3H2,(H2,9,16)(H,10,15)(H,11,12,14). The molecule has 0 saturated carbocycles. The largest absolute Gasteiger partial charge is 0.364 e. The van der Waals surface area contributed by atoms with Gasteiger partial charge in [0, 0.05) is 0 Å². The van der Waals surface area contributed by atoms with Gasteiger partial charge in [0.15, 0.2) is 5.69 Å². The van der Waals surface area contributed by atoms with Gasteiger partial charge in [-0.3, -0.25) is 9.89 Å². The van der Waals surface area contributed by atoms with Crippen LogP contribution in [-0.2, 0) is 6.54 Å². The minimum atomic E-state index is -0.603. The molecule has 0 saturated heterocycles. The third-order valence-electron chi connectivity index (χ3n) is 1.82. The Morgan fingerprint density at radius 3 is 2.88 bits per heavy atom. The number of H-pyrrole nitrogens is 1. The molecular formula is C8H9N7O. The van der Waals surface area contributed by atoms with Gasteiger partial charge in [-0.05, 0) is 12.1 Å². The van der Waals surface area contributed by atoms with E-state index in [1.807, 2.05) is 0 Å². The lowest BCUT2D eigenvalue weighted by molar-refractivity contribution is 0.0994. The summed E-state index contributed by atoms with van der Waals surface area (Å²) in [6.07, 6.45) is 1.42. The number of anilines is 1. The molecule has 2 rings (SSSR count). The van der Waals surface area contributed by atoms with Gasteiger partial charge in [-0.2, -0.15) is 5.10 Å². The summed E-state index contributed by atoms with van der Waals surface area (Å²) in [5.41, 5.74) is 5.16. The van der Waals surface area contributed by atoms with E-state index in [0.29, 0.717) is 18.2 Å². The van der Waals surface area contributed by atoms with Crippen molar-refractivity contribution in [2.24, 2.45) is 5.73 Å². The SMILES string of the molecule is NC(=O)c1ccc(NCc2ncn[nH]2)nn1. The van der Waals surface area contributed by atoms with Gasteiger partial charge in [-0.15, -0.1) is 10.2 Å². The van der Waals surface area contributed by atoms with Crippen molar-refractivity contribution in [1.82, 2.24) is 25.4 Å². The summed E-state index contributed by atoms with van der Waals surface area (Å²) < 4.78 is 0. The fourth-order valence-corrected chi connectivity index (χ4v) is 1.05. The van der Waals surface area contributed by atoms with E-state index in [1.165, 1.54) is 12.4 Å². The number of carbonyl (C=O) groups excluding carboxylic acids is 1. The van der Waals surface area contributed by atoms with E-state index in [2.05, 4.69) is 30.7 Å². The predicted octanol–water partition coefficient (Wildman–Crippen LogP) is -0.694. The molecule has 0 aliphatic carbocycles. The molecule has 8 heteroatoms. The van der Waals surface area contributed by atoms with Gasteiger partial charge in [0.1, 0.15) is 18.0 Å². The summed E-state index contributed by atoms with van der Waals surface area (Å²) in [4.78, 5) is 14.7. The van der Waals surface area contributed by atoms with Crippen molar-refractivity contribution in [3.8, 4) is 0 Å². The Balaban J connectivity index is 1.98. The topological polar surface area (TPSA) is 122 Å². The highest BCUT2D eigenvalue weighted by Gasteiger charge is 2.03. The summed E-state index contributed by atoms with van der Waals surface area (Å²) in [5, 5.41) is 16.8. The normalized spacial score (nSPS) is 10.0. The second-order valence-electron chi connectivity index (χ2n) is 2.95. The zero-order valence-electron chi connectivity index (χ0n) is 8.21. The Kier molecular flexibility index (Phi) is 2.72. The molecule has 0 atom stereocenters. The molecule has 0 radical (unpaired) electrons. The number of aromatic nitrogens is 5. The molecule has 2 heterocycles. The van der Waals surface area contributed by atoms with Crippen LogP contribution in [0.1, 0.15) is 16.3 Å². The maximum absolute atomic E-state index is 10.7. The minimum absolute atomic E-state index is 0.130. The van der Waals surface area contributed by atoms with Crippen LogP contribution < -0.4 is 11.1 Å². The van der Waals surface area contributed by atoms with Crippen LogP contribution in [0.3, 0.4) is 0 Å². The first-order valence-electron chi connectivity index (χ1n) is 4.47. The summed E-state index contributed by atoms with van der Waals surface area (Å²) in [6.45, 7) is 0.449. The van der Waals surface area contributed by atoms with Crippen molar-refractivity contribution in [3.05, 3.63) is 30.0 Å². The number of carbonyl (C=O) groups is 1. The Bertz CT molecular complexity index is 464. The molecule has 0 aliphatic heterocycles. The van der Waals surface area contributed by atoms with Crippen LogP contribution in [0.5, 0.6) is 0 Å². The lowest BCUT2D eigenvalue weighted by Gasteiger charge is -2.01. The minimum Gasteiger partial charge on any atom is -0.364 e. The molecule has 2 aromatic rings. The zero-order chi connectivity index (χ0) is 11.4. The highest BCUT2D eigenvalue weighted by Crippen LogP contribution is 2.02. The highest BCUT2D eigenvalue weighted by atomic mass is 16.1. The molecule has 4 N–H and O–H groups in total. The van der Waals surface area contributed by atoms with Crippen LogP contribution in [0.2, 0.25) is 0 Å². The summed E-state index contributed by atoms with van der Waals surface area (Å²) in [7, 11) is 0. The Hall–Kier alpha value is -2.51. The summed E-state index contributed by atoms with van der Waals surface area (Å²) >= 11 is 0. The smallest absolute Gasteiger partial charge is 0.269 e. The average molecular weight is 219 g/mol. The highest BCUT2D eigenvalue weighted by molar-refractivity contribution is 5.90. The van der Waals surface area contributed by atoms with E-state index in [1.54, 1.807) is 6.07 Å². The number of hydrogen-bond donors (Lipinski definition) is 3. The number of nitrogens with one attached hydrogen (secondary N) is 2. The number of amides is 1. The molecule has 1 amide bonds. The van der Waals surface area contributed by atoms with Crippen LogP contribution in [0, 0.1) is 0 Å². The number of nitrogens with two attached hydrogens (primary N) is 1. The predicted molar refractivity (Wildman–Crippen MR) is 54.3 cm³/mol. The van der Waals surface area contributed by atoms with Crippen molar-refractivity contribution in [2.75, 3.05) is 5.32 Å². The van der Waals surface area contributed by atoms with E-state index in [4.69, 9.17) is 5.73 Å². The van der Waals surface area contributed by atoms with Crippen LogP contribution in [0.25, 0.3) is 0 Å². The first-order chi connectivity index (χ1) is 7.75. The molecule has 82 valence electrons. The van der Waals surface area contributed by atoms with Crippen LogP contribution in [-0.4, -0.2) is 31.3 Å². The second kappa shape index (κ2) is 4.34. The molecule has 16 heavy (non-hydrogen) atoms. The quantitative estimate of drug-likeness (QED) is 0.625. The molecule has 2 aromatic heterocycles. The van der Waals surface area contributed by atoms with Gasteiger partial charge in [-0.25, -0.2) is 4.98 Å². The maximum atomic E-state index is 10.7. The van der Waals surface area contributed by atoms with Gasteiger partial charge >= 0.3 is 0 Å². The molecule has 8 nitrogen and oxygen atoms in total. The lowest BCUT2D eigenvalue weighted by Crippen LogP contribution is -2.14. The summed E-state index contributed by atoms with van der Waals surface area (Å²) in [5.74, 6) is 0.608. The van der Waals surface area contributed by atoms with Gasteiger partial charge < -0.3 is 11.1 Å². The third-order valence-corrected chi connectivity index (χ3v) is 1.82. The zero-order valence-corrected chi connectivity index (χ0v) is 8.21. The van der Waals surface area contributed by atoms with Gasteiger partial charge in [0.2, 0.25) is 0 Å². The Morgan fingerprint density at radius 1 is 1.44 bits per heavy atom. The fourth-order valence-electron chi connectivity index (χ4n) is 1.05. The number of hydrogen-bond acceptors (Lipinski definition) is 6. The monoisotopic (exact) mass is 219 g/mol. The number of primary amides is 1. The molecule has 0 bridgehead atoms. The maximum Gasteiger partial charge on any atom is 0.269 e. The molecule has 0 aromatic carbocycles. The van der Waals surface area contributed by atoms with Crippen LogP contribution in [0.15, 0.2) is 18.5 Å².